The number of ether oxygens (including phenoxy) is 1. The predicted molar refractivity (Wildman–Crippen MR) is 81.2 cm³/mol. The molecule has 0 radical (unpaired) electrons. The highest BCUT2D eigenvalue weighted by Crippen LogP contribution is 2.22. The number of methoxy groups -OCH3 is 1. The van der Waals surface area contributed by atoms with Gasteiger partial charge in [0.25, 0.3) is 0 Å². The van der Waals surface area contributed by atoms with Gasteiger partial charge in [0.2, 0.25) is 10.0 Å². The molecule has 0 aliphatic carbocycles. The monoisotopic (exact) mass is 355 g/mol. The van der Waals surface area contributed by atoms with Crippen molar-refractivity contribution < 1.29 is 13.2 Å². The maximum atomic E-state index is 12.2. The molecule has 0 aromatic heterocycles. The van der Waals surface area contributed by atoms with Crippen LogP contribution in [0.1, 0.15) is 5.56 Å². The molecule has 0 fully saturated rings. The van der Waals surface area contributed by atoms with E-state index in [4.69, 9.17) is 4.74 Å². The fourth-order valence-corrected chi connectivity index (χ4v) is 3.77. The van der Waals surface area contributed by atoms with Crippen molar-refractivity contribution in [1.29, 1.82) is 0 Å². The van der Waals surface area contributed by atoms with Crippen molar-refractivity contribution in [3.8, 4) is 5.75 Å². The lowest BCUT2D eigenvalue weighted by molar-refractivity contribution is 0.409. The highest BCUT2D eigenvalue weighted by Gasteiger charge is 2.17. The zero-order valence-corrected chi connectivity index (χ0v) is 13.2. The van der Waals surface area contributed by atoms with E-state index in [1.807, 2.05) is 18.2 Å². The number of rotatable bonds is 5. The van der Waals surface area contributed by atoms with Crippen LogP contribution in [0.2, 0.25) is 0 Å². The summed E-state index contributed by atoms with van der Waals surface area (Å²) >= 11 is 3.24. The second kappa shape index (κ2) is 6.39. The minimum atomic E-state index is -3.57. The first-order valence-corrected chi connectivity index (χ1v) is 8.18. The van der Waals surface area contributed by atoms with Crippen LogP contribution in [0.5, 0.6) is 5.75 Å². The SMILES string of the molecule is COc1ccccc1CNS(=O)(=O)c1ccccc1Br. The van der Waals surface area contributed by atoms with Gasteiger partial charge < -0.3 is 4.74 Å². The van der Waals surface area contributed by atoms with Gasteiger partial charge in [0.1, 0.15) is 5.75 Å². The minimum Gasteiger partial charge on any atom is -0.496 e. The molecule has 0 atom stereocenters. The summed E-state index contributed by atoms with van der Waals surface area (Å²) in [5.74, 6) is 0.655. The zero-order chi connectivity index (χ0) is 14.6. The minimum absolute atomic E-state index is 0.174. The summed E-state index contributed by atoms with van der Waals surface area (Å²) in [6.45, 7) is 0.174. The normalized spacial score (nSPS) is 11.3. The van der Waals surface area contributed by atoms with E-state index >= 15 is 0 Å². The molecular weight excluding hydrogens is 342 g/mol. The predicted octanol–water partition coefficient (Wildman–Crippen LogP) is 2.94. The van der Waals surface area contributed by atoms with E-state index in [2.05, 4.69) is 20.7 Å². The molecule has 0 saturated heterocycles. The maximum absolute atomic E-state index is 12.2. The number of hydrogen-bond donors (Lipinski definition) is 1. The van der Waals surface area contributed by atoms with Crippen molar-refractivity contribution in [3.05, 3.63) is 58.6 Å². The molecule has 0 aliphatic heterocycles. The summed E-state index contributed by atoms with van der Waals surface area (Å²) in [5, 5.41) is 0. The highest BCUT2D eigenvalue weighted by molar-refractivity contribution is 9.10. The molecule has 106 valence electrons. The van der Waals surface area contributed by atoms with Gasteiger partial charge in [-0.05, 0) is 34.1 Å². The van der Waals surface area contributed by atoms with Crippen LogP contribution in [0, 0.1) is 0 Å². The van der Waals surface area contributed by atoms with Crippen LogP contribution in [0.4, 0.5) is 0 Å². The van der Waals surface area contributed by atoms with E-state index in [0.717, 1.165) is 5.56 Å². The molecule has 0 saturated carbocycles. The number of para-hydroxylation sites is 1. The Labute approximate surface area is 127 Å². The zero-order valence-electron chi connectivity index (χ0n) is 10.8. The quantitative estimate of drug-likeness (QED) is 0.896. The van der Waals surface area contributed by atoms with Crippen molar-refractivity contribution in [2.24, 2.45) is 0 Å². The number of hydrogen-bond acceptors (Lipinski definition) is 3. The Hall–Kier alpha value is -1.37. The van der Waals surface area contributed by atoms with Gasteiger partial charge in [-0.1, -0.05) is 30.3 Å². The molecule has 0 unspecified atom stereocenters. The molecule has 4 nitrogen and oxygen atoms in total. The number of halogens is 1. The molecule has 2 aromatic rings. The Morgan fingerprint density at radius 3 is 2.45 bits per heavy atom. The largest absolute Gasteiger partial charge is 0.496 e. The third-order valence-corrected chi connectivity index (χ3v) is 5.18. The standard InChI is InChI=1S/C14H14BrNO3S/c1-19-13-8-4-2-6-11(13)10-16-20(17,18)14-9-5-3-7-12(14)15/h2-9,16H,10H2,1H3. The summed E-state index contributed by atoms with van der Waals surface area (Å²) < 4.78 is 32.8. The van der Waals surface area contributed by atoms with Crippen molar-refractivity contribution in [3.63, 3.8) is 0 Å². The summed E-state index contributed by atoms with van der Waals surface area (Å²) in [4.78, 5) is 0.217. The van der Waals surface area contributed by atoms with E-state index in [9.17, 15) is 8.42 Å². The van der Waals surface area contributed by atoms with Gasteiger partial charge in [-0.2, -0.15) is 0 Å². The van der Waals surface area contributed by atoms with Crippen molar-refractivity contribution in [2.45, 2.75) is 11.4 Å². The molecule has 1 N–H and O–H groups in total. The van der Waals surface area contributed by atoms with Gasteiger partial charge in [-0.25, -0.2) is 13.1 Å². The lowest BCUT2D eigenvalue weighted by Crippen LogP contribution is -2.23. The Balaban J connectivity index is 2.20. The lowest BCUT2D eigenvalue weighted by atomic mass is 10.2. The molecule has 20 heavy (non-hydrogen) atoms. The Morgan fingerprint density at radius 2 is 1.75 bits per heavy atom. The van der Waals surface area contributed by atoms with E-state index in [1.54, 1.807) is 37.4 Å². The summed E-state index contributed by atoms with van der Waals surface area (Å²) in [7, 11) is -2.01. The summed E-state index contributed by atoms with van der Waals surface area (Å²) in [5.41, 5.74) is 0.783. The molecule has 0 amide bonds. The van der Waals surface area contributed by atoms with Gasteiger partial charge in [-0.3, -0.25) is 0 Å². The van der Waals surface area contributed by atoms with Crippen molar-refractivity contribution >= 4 is 26.0 Å². The van der Waals surface area contributed by atoms with Crippen LogP contribution in [0.15, 0.2) is 57.9 Å². The third kappa shape index (κ3) is 3.39. The third-order valence-electron chi connectivity index (χ3n) is 2.77. The molecule has 0 spiro atoms. The van der Waals surface area contributed by atoms with Gasteiger partial charge in [0.15, 0.2) is 0 Å². The summed E-state index contributed by atoms with van der Waals surface area (Å²) in [6, 6.07) is 14.0. The molecule has 0 bridgehead atoms. The first-order chi connectivity index (χ1) is 9.54. The van der Waals surface area contributed by atoms with Crippen LogP contribution < -0.4 is 9.46 Å². The molecule has 2 rings (SSSR count). The second-order valence-corrected chi connectivity index (χ2v) is 6.66. The first-order valence-electron chi connectivity index (χ1n) is 5.90. The van der Waals surface area contributed by atoms with Crippen LogP contribution in [0.3, 0.4) is 0 Å². The average molecular weight is 356 g/mol. The Kier molecular flexibility index (Phi) is 4.80. The Morgan fingerprint density at radius 1 is 1.10 bits per heavy atom. The van der Waals surface area contributed by atoms with E-state index in [0.29, 0.717) is 10.2 Å². The van der Waals surface area contributed by atoms with Gasteiger partial charge >= 0.3 is 0 Å². The van der Waals surface area contributed by atoms with Crippen molar-refractivity contribution in [1.82, 2.24) is 4.72 Å². The first kappa shape index (κ1) is 15.0. The lowest BCUT2D eigenvalue weighted by Gasteiger charge is -2.11. The van der Waals surface area contributed by atoms with Crippen LogP contribution in [-0.2, 0) is 16.6 Å². The molecule has 0 heterocycles. The van der Waals surface area contributed by atoms with Crippen LogP contribution in [-0.4, -0.2) is 15.5 Å². The highest BCUT2D eigenvalue weighted by atomic mass is 79.9. The van der Waals surface area contributed by atoms with Crippen LogP contribution in [0.25, 0.3) is 0 Å². The van der Waals surface area contributed by atoms with Crippen LogP contribution >= 0.6 is 15.9 Å². The molecule has 0 aliphatic rings. The fourth-order valence-electron chi connectivity index (χ4n) is 1.76. The smallest absolute Gasteiger partial charge is 0.241 e. The molecular formula is C14H14BrNO3S. The fraction of sp³-hybridized carbons (Fsp3) is 0.143. The maximum Gasteiger partial charge on any atom is 0.241 e. The topological polar surface area (TPSA) is 55.4 Å². The summed E-state index contributed by atoms with van der Waals surface area (Å²) in [6.07, 6.45) is 0. The van der Waals surface area contributed by atoms with E-state index in [1.165, 1.54) is 0 Å². The van der Waals surface area contributed by atoms with Gasteiger partial charge in [0, 0.05) is 16.6 Å². The molecule has 2 aromatic carbocycles. The average Bonchev–Trinajstić information content (AvgIpc) is 2.46. The van der Waals surface area contributed by atoms with Crippen molar-refractivity contribution in [2.75, 3.05) is 7.11 Å². The van der Waals surface area contributed by atoms with E-state index in [-0.39, 0.29) is 11.4 Å². The van der Waals surface area contributed by atoms with Gasteiger partial charge in [0.05, 0.1) is 12.0 Å². The number of nitrogens with one attached hydrogen (secondary N) is 1. The van der Waals surface area contributed by atoms with E-state index < -0.39 is 10.0 Å². The van der Waals surface area contributed by atoms with Gasteiger partial charge in [-0.15, -0.1) is 0 Å². The second-order valence-electron chi connectivity index (χ2n) is 4.07. The Bertz CT molecular complexity index is 701. The molecule has 6 heteroatoms. The number of sulfonamides is 1. The number of benzene rings is 2.